The normalized spacial score (nSPS) is 10.3. The summed E-state index contributed by atoms with van der Waals surface area (Å²) in [6, 6.07) is 44.5. The molecular weight excluding hydrogens is 815 g/mol. The molecule has 318 valence electrons. The van der Waals surface area contributed by atoms with Gasteiger partial charge in [-0.3, -0.25) is 25.2 Å². The lowest BCUT2D eigenvalue weighted by Gasteiger charge is -2.13. The lowest BCUT2D eigenvalue weighted by Crippen LogP contribution is -2.36. The molecule has 0 unspecified atom stereocenters. The summed E-state index contributed by atoms with van der Waals surface area (Å²) in [6.07, 6.45) is 0.872. The van der Waals surface area contributed by atoms with Crippen LogP contribution in [0.4, 0.5) is 0 Å². The molecule has 0 atom stereocenters. The predicted molar refractivity (Wildman–Crippen MR) is 240 cm³/mol. The van der Waals surface area contributed by atoms with E-state index in [0.717, 1.165) is 34.5 Å². The van der Waals surface area contributed by atoms with Crippen LogP contribution in [0, 0.1) is 0 Å². The Labute approximate surface area is 367 Å². The van der Waals surface area contributed by atoms with Crippen LogP contribution < -0.4 is 41.1 Å². The number of aldehydes is 1. The SMILES string of the molecule is CC(C)Oc1ccc(C(=O)NN)cc1Cl.CC(C)Oc1ccc(C(=O)NNCc2ccc(OCc3ccccc3)cc2)cc1Cl.O=Cc1ccc(OCc2ccccc2)cc1. The Morgan fingerprint density at radius 2 is 1.03 bits per heavy atom. The van der Waals surface area contributed by atoms with Crippen molar-refractivity contribution in [3.8, 4) is 23.0 Å². The van der Waals surface area contributed by atoms with Gasteiger partial charge in [0, 0.05) is 23.2 Å². The first kappa shape index (κ1) is 47.3. The smallest absolute Gasteiger partial charge is 0.265 e. The Hall–Kier alpha value is -6.37. The van der Waals surface area contributed by atoms with Gasteiger partial charge in [-0.05, 0) is 117 Å². The zero-order valence-corrected chi connectivity index (χ0v) is 35.9. The van der Waals surface area contributed by atoms with Crippen molar-refractivity contribution < 1.29 is 33.3 Å². The summed E-state index contributed by atoms with van der Waals surface area (Å²) in [5.41, 5.74) is 12.4. The topological polar surface area (TPSA) is 150 Å². The number of carbonyl (C=O) groups excluding carboxylic acids is 3. The van der Waals surface area contributed by atoms with E-state index in [2.05, 4.69) is 10.9 Å². The van der Waals surface area contributed by atoms with Crippen molar-refractivity contribution in [3.63, 3.8) is 0 Å². The highest BCUT2D eigenvalue weighted by Gasteiger charge is 2.11. The Morgan fingerprint density at radius 1 is 0.590 bits per heavy atom. The molecule has 61 heavy (non-hydrogen) atoms. The van der Waals surface area contributed by atoms with E-state index in [9.17, 15) is 14.4 Å². The molecule has 0 saturated heterocycles. The van der Waals surface area contributed by atoms with E-state index in [1.807, 2.05) is 118 Å². The fraction of sp³-hybridized carbons (Fsp3) is 0.188. The first-order chi connectivity index (χ1) is 29.4. The molecule has 0 bridgehead atoms. The van der Waals surface area contributed by atoms with Crippen molar-refractivity contribution in [1.29, 1.82) is 0 Å². The van der Waals surface area contributed by atoms with E-state index < -0.39 is 0 Å². The average molecular weight is 866 g/mol. The van der Waals surface area contributed by atoms with E-state index in [1.54, 1.807) is 54.6 Å². The predicted octanol–water partition coefficient (Wildman–Crippen LogP) is 9.95. The van der Waals surface area contributed by atoms with E-state index in [1.165, 1.54) is 6.07 Å². The number of ether oxygens (including phenoxy) is 4. The van der Waals surface area contributed by atoms with Crippen molar-refractivity contribution in [3.05, 3.63) is 189 Å². The van der Waals surface area contributed by atoms with Gasteiger partial charge >= 0.3 is 0 Å². The molecule has 0 radical (unpaired) electrons. The average Bonchev–Trinajstić information content (AvgIpc) is 3.27. The molecule has 0 aliphatic rings. The Bertz CT molecular complexity index is 2260. The number of nitrogens with two attached hydrogens (primary N) is 1. The van der Waals surface area contributed by atoms with Crippen LogP contribution in [0.1, 0.15) is 75.5 Å². The number of hydrogen-bond acceptors (Lipinski definition) is 9. The number of rotatable bonds is 16. The fourth-order valence-electron chi connectivity index (χ4n) is 5.19. The van der Waals surface area contributed by atoms with Gasteiger partial charge in [0.15, 0.2) is 0 Å². The number of hydrogen-bond donors (Lipinski definition) is 4. The summed E-state index contributed by atoms with van der Waals surface area (Å²) in [7, 11) is 0. The molecular formula is C48H50Cl2N4O7. The summed E-state index contributed by atoms with van der Waals surface area (Å²) < 4.78 is 22.4. The van der Waals surface area contributed by atoms with Crippen molar-refractivity contribution in [2.24, 2.45) is 5.84 Å². The van der Waals surface area contributed by atoms with Crippen LogP contribution in [-0.2, 0) is 19.8 Å². The highest BCUT2D eigenvalue weighted by molar-refractivity contribution is 6.32. The highest BCUT2D eigenvalue weighted by Crippen LogP contribution is 2.27. The number of benzene rings is 6. The first-order valence-electron chi connectivity index (χ1n) is 19.4. The molecule has 6 rings (SSSR count). The van der Waals surface area contributed by atoms with Crippen molar-refractivity contribution in [1.82, 2.24) is 16.3 Å². The third kappa shape index (κ3) is 17.0. The van der Waals surface area contributed by atoms with Gasteiger partial charge in [-0.1, -0.05) is 96.0 Å². The van der Waals surface area contributed by atoms with Gasteiger partial charge in [0.1, 0.15) is 42.5 Å². The molecule has 13 heteroatoms. The van der Waals surface area contributed by atoms with Crippen LogP contribution in [0.3, 0.4) is 0 Å². The number of halogens is 2. The van der Waals surface area contributed by atoms with Crippen molar-refractivity contribution >= 4 is 41.3 Å². The van der Waals surface area contributed by atoms with Crippen LogP contribution in [0.2, 0.25) is 10.0 Å². The zero-order chi connectivity index (χ0) is 44.0. The quantitative estimate of drug-likeness (QED) is 0.0323. The number of hydrazine groups is 2. The molecule has 0 heterocycles. The molecule has 0 aliphatic carbocycles. The Balaban J connectivity index is 0.000000222. The summed E-state index contributed by atoms with van der Waals surface area (Å²) >= 11 is 12.1. The van der Waals surface area contributed by atoms with Crippen LogP contribution in [-0.4, -0.2) is 30.3 Å². The van der Waals surface area contributed by atoms with E-state index in [0.29, 0.717) is 58.0 Å². The van der Waals surface area contributed by atoms with Crippen LogP contribution in [0.25, 0.3) is 0 Å². The molecule has 0 saturated carbocycles. The molecule has 0 aromatic heterocycles. The van der Waals surface area contributed by atoms with E-state index in [-0.39, 0.29) is 24.0 Å². The monoisotopic (exact) mass is 864 g/mol. The highest BCUT2D eigenvalue weighted by atomic mass is 35.5. The van der Waals surface area contributed by atoms with Gasteiger partial charge in [0.2, 0.25) is 0 Å². The zero-order valence-electron chi connectivity index (χ0n) is 34.4. The van der Waals surface area contributed by atoms with Gasteiger partial charge < -0.3 is 18.9 Å². The number of amides is 2. The fourth-order valence-corrected chi connectivity index (χ4v) is 5.64. The van der Waals surface area contributed by atoms with Gasteiger partial charge in [0.25, 0.3) is 11.8 Å². The standard InChI is InChI=1S/C24H25ClN2O3.C14H12O2.C10H13ClN2O2/c1-17(2)30-23-13-10-20(14-22(23)25)24(28)27-26-15-18-8-11-21(12-9-18)29-16-19-6-4-3-5-7-19;15-10-12-6-8-14(9-7-12)16-11-13-4-2-1-3-5-13;1-6(2)15-9-4-3-7(5-8(9)11)10(14)13-12/h3-14,17,26H,15-16H2,1-2H3,(H,27,28);1-10H,11H2;3-6H,12H2,1-2H3,(H,13,14). The van der Waals surface area contributed by atoms with Gasteiger partial charge in [0.05, 0.1) is 22.3 Å². The molecule has 6 aromatic rings. The number of carbonyl (C=O) groups is 3. The summed E-state index contributed by atoms with van der Waals surface area (Å²) in [5.74, 6) is 7.04. The maximum Gasteiger partial charge on any atom is 0.265 e. The largest absolute Gasteiger partial charge is 0.489 e. The Kier molecular flexibility index (Phi) is 19.6. The maximum atomic E-state index is 12.3. The van der Waals surface area contributed by atoms with Gasteiger partial charge in [-0.25, -0.2) is 11.3 Å². The number of nitrogens with one attached hydrogen (secondary N) is 3. The van der Waals surface area contributed by atoms with E-state index in [4.69, 9.17) is 48.0 Å². The van der Waals surface area contributed by atoms with Gasteiger partial charge in [-0.15, -0.1) is 0 Å². The molecule has 0 fully saturated rings. The minimum absolute atomic E-state index is 0.0129. The molecule has 0 spiro atoms. The third-order valence-corrected chi connectivity index (χ3v) is 8.77. The van der Waals surface area contributed by atoms with Gasteiger partial charge in [-0.2, -0.15) is 0 Å². The second kappa shape index (κ2) is 25.3. The molecule has 11 nitrogen and oxygen atoms in total. The van der Waals surface area contributed by atoms with Crippen molar-refractivity contribution in [2.45, 2.75) is 59.7 Å². The van der Waals surface area contributed by atoms with E-state index >= 15 is 0 Å². The second-order valence-electron chi connectivity index (χ2n) is 13.8. The second-order valence-corrected chi connectivity index (χ2v) is 14.6. The lowest BCUT2D eigenvalue weighted by molar-refractivity contribution is 0.0929. The van der Waals surface area contributed by atoms with Crippen LogP contribution >= 0.6 is 23.2 Å². The molecule has 2 amide bonds. The van der Waals surface area contributed by atoms with Crippen LogP contribution in [0.15, 0.2) is 146 Å². The molecule has 0 aliphatic heterocycles. The van der Waals surface area contributed by atoms with Crippen LogP contribution in [0.5, 0.6) is 23.0 Å². The molecule has 6 aromatic carbocycles. The Morgan fingerprint density at radius 3 is 1.44 bits per heavy atom. The summed E-state index contributed by atoms with van der Waals surface area (Å²) in [4.78, 5) is 33.9. The minimum Gasteiger partial charge on any atom is -0.489 e. The third-order valence-electron chi connectivity index (χ3n) is 8.18. The number of nitrogen functional groups attached to an aromatic ring is 1. The lowest BCUT2D eigenvalue weighted by atomic mass is 10.2. The maximum absolute atomic E-state index is 12.3. The minimum atomic E-state index is -0.381. The molecule has 5 N–H and O–H groups in total. The summed E-state index contributed by atoms with van der Waals surface area (Å²) in [5, 5.41) is 0.798. The van der Waals surface area contributed by atoms with Crippen molar-refractivity contribution in [2.75, 3.05) is 0 Å². The first-order valence-corrected chi connectivity index (χ1v) is 20.1. The summed E-state index contributed by atoms with van der Waals surface area (Å²) in [6.45, 7) is 9.19.